The average Bonchev–Trinajstić information content (AvgIpc) is 2.60. The predicted octanol–water partition coefficient (Wildman–Crippen LogP) is 3.84. The lowest BCUT2D eigenvalue weighted by atomic mass is 10.2. The molecule has 1 fully saturated rings. The molecule has 1 atom stereocenters. The van der Waals surface area contributed by atoms with Crippen LogP contribution < -0.4 is 10.6 Å². The molecular weight excluding hydrogens is 359 g/mol. The van der Waals surface area contributed by atoms with Gasteiger partial charge in [-0.1, -0.05) is 29.8 Å². The van der Waals surface area contributed by atoms with Crippen LogP contribution in [0.5, 0.6) is 0 Å². The Morgan fingerprint density at radius 3 is 2.58 bits per heavy atom. The van der Waals surface area contributed by atoms with Gasteiger partial charge in [0, 0.05) is 17.3 Å². The van der Waals surface area contributed by atoms with E-state index in [4.69, 9.17) is 11.6 Å². The maximum absolute atomic E-state index is 13.1. The topological polar surface area (TPSA) is 64.7 Å². The number of hydrogen-bond acceptors (Lipinski definition) is 3. The van der Waals surface area contributed by atoms with E-state index in [-0.39, 0.29) is 18.9 Å². The van der Waals surface area contributed by atoms with Gasteiger partial charge in [-0.25, -0.2) is 18.9 Å². The third kappa shape index (κ3) is 3.88. The number of carbonyl (C=O) groups is 2. The first-order valence-corrected chi connectivity index (χ1v) is 8.51. The maximum Gasteiger partial charge on any atom is 0.331 e. The molecule has 2 N–H and O–H groups in total. The second-order valence-corrected chi connectivity index (χ2v) is 6.22. The van der Waals surface area contributed by atoms with Gasteiger partial charge in [0.05, 0.1) is 6.54 Å². The zero-order valence-electron chi connectivity index (χ0n) is 14.1. The molecule has 1 unspecified atom stereocenters. The Kier molecular flexibility index (Phi) is 5.27. The first-order valence-electron chi connectivity index (χ1n) is 8.13. The summed E-state index contributed by atoms with van der Waals surface area (Å²) in [5.41, 5.74) is 1.40. The molecule has 2 aromatic carbocycles. The molecule has 0 aliphatic carbocycles. The van der Waals surface area contributed by atoms with Gasteiger partial charge >= 0.3 is 12.1 Å². The SMILES string of the molecule is CCN1C(=O)NC(Nc2cccc(Cl)c2)N(Cc2ccc(F)cc2)C1=O. The molecule has 4 amide bonds. The van der Waals surface area contributed by atoms with E-state index in [1.54, 1.807) is 43.3 Å². The molecule has 0 bridgehead atoms. The van der Waals surface area contributed by atoms with E-state index in [1.165, 1.54) is 17.0 Å². The molecule has 1 saturated heterocycles. The summed E-state index contributed by atoms with van der Waals surface area (Å²) in [6.07, 6.45) is -0.763. The highest BCUT2D eigenvalue weighted by molar-refractivity contribution is 6.30. The molecule has 1 aliphatic heterocycles. The molecule has 0 saturated carbocycles. The number of benzene rings is 2. The van der Waals surface area contributed by atoms with E-state index < -0.39 is 18.4 Å². The molecule has 1 heterocycles. The van der Waals surface area contributed by atoms with Crippen molar-refractivity contribution in [3.05, 3.63) is 64.9 Å². The van der Waals surface area contributed by atoms with E-state index in [1.807, 2.05) is 0 Å². The first-order chi connectivity index (χ1) is 12.5. The predicted molar refractivity (Wildman–Crippen MR) is 97.1 cm³/mol. The minimum Gasteiger partial charge on any atom is -0.348 e. The van der Waals surface area contributed by atoms with Gasteiger partial charge in [0.1, 0.15) is 5.82 Å². The Balaban J connectivity index is 1.86. The standard InChI is InChI=1S/C18H18ClFN4O2/c1-2-23-17(25)22-16(21-15-5-3-4-13(19)10-15)24(18(23)26)11-12-6-8-14(20)9-7-12/h3-10,16,21H,2,11H2,1H3,(H,22,25). The number of anilines is 1. The highest BCUT2D eigenvalue weighted by Crippen LogP contribution is 2.20. The van der Waals surface area contributed by atoms with Crippen LogP contribution in [0.1, 0.15) is 12.5 Å². The van der Waals surface area contributed by atoms with Crippen molar-refractivity contribution >= 4 is 29.4 Å². The van der Waals surface area contributed by atoms with Crippen LogP contribution in [-0.4, -0.2) is 34.7 Å². The van der Waals surface area contributed by atoms with E-state index in [2.05, 4.69) is 10.6 Å². The zero-order chi connectivity index (χ0) is 18.7. The van der Waals surface area contributed by atoms with Gasteiger partial charge in [0.15, 0.2) is 6.29 Å². The third-order valence-corrected chi connectivity index (χ3v) is 4.24. The number of urea groups is 2. The quantitative estimate of drug-likeness (QED) is 0.833. The largest absolute Gasteiger partial charge is 0.348 e. The molecule has 0 spiro atoms. The monoisotopic (exact) mass is 376 g/mol. The van der Waals surface area contributed by atoms with Crippen LogP contribution in [0.2, 0.25) is 5.02 Å². The van der Waals surface area contributed by atoms with Gasteiger partial charge in [-0.2, -0.15) is 0 Å². The lowest BCUT2D eigenvalue weighted by Gasteiger charge is -2.41. The molecule has 26 heavy (non-hydrogen) atoms. The van der Waals surface area contributed by atoms with Crippen LogP contribution in [0.25, 0.3) is 0 Å². The van der Waals surface area contributed by atoms with Crippen molar-refractivity contribution in [3.63, 3.8) is 0 Å². The Morgan fingerprint density at radius 2 is 1.92 bits per heavy atom. The lowest BCUT2D eigenvalue weighted by Crippen LogP contribution is -2.66. The lowest BCUT2D eigenvalue weighted by molar-refractivity contribution is 0.108. The summed E-state index contributed by atoms with van der Waals surface area (Å²) in [4.78, 5) is 27.5. The molecule has 8 heteroatoms. The Labute approximate surface area is 155 Å². The Bertz CT molecular complexity index is 815. The van der Waals surface area contributed by atoms with Crippen molar-refractivity contribution < 1.29 is 14.0 Å². The van der Waals surface area contributed by atoms with E-state index in [0.717, 1.165) is 10.5 Å². The number of carbonyl (C=O) groups excluding carboxylic acids is 2. The molecule has 2 aromatic rings. The van der Waals surface area contributed by atoms with Crippen LogP contribution in [0, 0.1) is 5.82 Å². The number of hydrogen-bond donors (Lipinski definition) is 2. The van der Waals surface area contributed by atoms with Crippen LogP contribution in [0.4, 0.5) is 19.7 Å². The minimum absolute atomic E-state index is 0.203. The van der Waals surface area contributed by atoms with E-state index in [9.17, 15) is 14.0 Å². The van der Waals surface area contributed by atoms with Crippen molar-refractivity contribution in [3.8, 4) is 0 Å². The first kappa shape index (κ1) is 18.0. The second-order valence-electron chi connectivity index (χ2n) is 5.79. The normalized spacial score (nSPS) is 17.3. The number of halogens is 2. The summed E-state index contributed by atoms with van der Waals surface area (Å²) in [6, 6.07) is 11.9. The molecule has 0 radical (unpaired) electrons. The van der Waals surface area contributed by atoms with E-state index >= 15 is 0 Å². The molecule has 3 rings (SSSR count). The van der Waals surface area contributed by atoms with Crippen LogP contribution >= 0.6 is 11.6 Å². The summed E-state index contributed by atoms with van der Waals surface area (Å²) in [7, 11) is 0. The number of amides is 4. The molecule has 136 valence electrons. The van der Waals surface area contributed by atoms with Crippen LogP contribution in [-0.2, 0) is 6.54 Å². The summed E-state index contributed by atoms with van der Waals surface area (Å²) >= 11 is 5.99. The minimum atomic E-state index is -0.763. The van der Waals surface area contributed by atoms with Crippen molar-refractivity contribution in [2.24, 2.45) is 0 Å². The number of rotatable bonds is 5. The Hall–Kier alpha value is -2.80. The van der Waals surface area contributed by atoms with Crippen LogP contribution in [0.3, 0.4) is 0 Å². The van der Waals surface area contributed by atoms with E-state index in [0.29, 0.717) is 10.7 Å². The molecule has 1 aliphatic rings. The number of nitrogens with one attached hydrogen (secondary N) is 2. The third-order valence-electron chi connectivity index (χ3n) is 4.00. The summed E-state index contributed by atoms with van der Waals surface area (Å²) < 4.78 is 13.1. The smallest absolute Gasteiger partial charge is 0.331 e. The van der Waals surface area contributed by atoms with Gasteiger partial charge in [-0.05, 0) is 42.8 Å². The second kappa shape index (κ2) is 7.61. The molecule has 0 aromatic heterocycles. The maximum atomic E-state index is 13.1. The number of nitrogens with zero attached hydrogens (tertiary/aromatic N) is 2. The Morgan fingerprint density at radius 1 is 1.19 bits per heavy atom. The number of imide groups is 1. The average molecular weight is 377 g/mol. The van der Waals surface area contributed by atoms with Crippen molar-refractivity contribution in [2.75, 3.05) is 11.9 Å². The summed E-state index contributed by atoms with van der Waals surface area (Å²) in [6.45, 7) is 2.17. The van der Waals surface area contributed by atoms with Gasteiger partial charge in [-0.15, -0.1) is 0 Å². The zero-order valence-corrected chi connectivity index (χ0v) is 14.8. The fraction of sp³-hybridized carbons (Fsp3) is 0.222. The summed E-state index contributed by atoms with van der Waals surface area (Å²) in [5, 5.41) is 6.39. The van der Waals surface area contributed by atoms with Gasteiger partial charge in [0.2, 0.25) is 0 Å². The fourth-order valence-corrected chi connectivity index (χ4v) is 2.89. The van der Waals surface area contributed by atoms with Crippen molar-refractivity contribution in [2.45, 2.75) is 19.8 Å². The molecular formula is C18H18ClFN4O2. The summed E-state index contributed by atoms with van der Waals surface area (Å²) in [5.74, 6) is -0.351. The van der Waals surface area contributed by atoms with Crippen molar-refractivity contribution in [1.82, 2.24) is 15.1 Å². The highest BCUT2D eigenvalue weighted by atomic mass is 35.5. The van der Waals surface area contributed by atoms with Crippen molar-refractivity contribution in [1.29, 1.82) is 0 Å². The molecule has 6 nitrogen and oxygen atoms in total. The van der Waals surface area contributed by atoms with Gasteiger partial charge in [0.25, 0.3) is 0 Å². The van der Waals surface area contributed by atoms with Crippen LogP contribution in [0.15, 0.2) is 48.5 Å². The fourth-order valence-electron chi connectivity index (χ4n) is 2.70. The highest BCUT2D eigenvalue weighted by Gasteiger charge is 2.37. The van der Waals surface area contributed by atoms with Gasteiger partial charge in [-0.3, -0.25) is 10.2 Å². The van der Waals surface area contributed by atoms with Gasteiger partial charge < -0.3 is 5.32 Å².